The minimum atomic E-state index is -1.04. The zero-order valence-electron chi connectivity index (χ0n) is 12.1. The van der Waals surface area contributed by atoms with Crippen LogP contribution in [0.4, 0.5) is 0 Å². The molecule has 0 fully saturated rings. The number of hydrogen-bond donors (Lipinski definition) is 1. The predicted octanol–water partition coefficient (Wildman–Crippen LogP) is 1.35. The monoisotopic (exact) mass is 290 g/mol. The standard InChI is InChI=1S/C15H18N2O4/c1-16-9-12(11-5-3-4-6-13(11)16)15(20)17(7-8-21-2)10-14(18)19/h3-6,9H,7-8,10H2,1-2H3,(H,18,19). The number of carbonyl (C=O) groups excluding carboxylic acids is 1. The molecule has 0 aliphatic carbocycles. The van der Waals surface area contributed by atoms with Gasteiger partial charge in [0, 0.05) is 37.8 Å². The molecule has 1 heterocycles. The Kier molecular flexibility index (Phi) is 4.59. The number of carbonyl (C=O) groups is 2. The van der Waals surface area contributed by atoms with Gasteiger partial charge < -0.3 is 19.3 Å². The quantitative estimate of drug-likeness (QED) is 0.871. The highest BCUT2D eigenvalue weighted by molar-refractivity contribution is 6.07. The van der Waals surface area contributed by atoms with Gasteiger partial charge in [0.1, 0.15) is 6.54 Å². The zero-order chi connectivity index (χ0) is 15.4. The van der Waals surface area contributed by atoms with Crippen molar-refractivity contribution in [1.82, 2.24) is 9.47 Å². The van der Waals surface area contributed by atoms with E-state index in [2.05, 4.69) is 0 Å². The molecule has 0 saturated heterocycles. The van der Waals surface area contributed by atoms with Crippen LogP contribution in [-0.4, -0.2) is 53.3 Å². The van der Waals surface area contributed by atoms with E-state index in [0.29, 0.717) is 12.2 Å². The van der Waals surface area contributed by atoms with Crippen LogP contribution in [0.1, 0.15) is 10.4 Å². The third-order valence-electron chi connectivity index (χ3n) is 3.31. The van der Waals surface area contributed by atoms with Gasteiger partial charge in [-0.05, 0) is 6.07 Å². The predicted molar refractivity (Wildman–Crippen MR) is 78.3 cm³/mol. The number of amides is 1. The lowest BCUT2D eigenvalue weighted by atomic mass is 10.1. The first-order valence-electron chi connectivity index (χ1n) is 6.58. The number of aromatic nitrogens is 1. The molecular formula is C15H18N2O4. The van der Waals surface area contributed by atoms with Crippen LogP contribution in [0.15, 0.2) is 30.5 Å². The molecule has 6 heteroatoms. The van der Waals surface area contributed by atoms with Crippen LogP contribution in [0.3, 0.4) is 0 Å². The number of carboxylic acids is 1. The zero-order valence-corrected chi connectivity index (χ0v) is 12.1. The molecule has 112 valence electrons. The van der Waals surface area contributed by atoms with Crippen LogP contribution >= 0.6 is 0 Å². The summed E-state index contributed by atoms with van der Waals surface area (Å²) in [5, 5.41) is 9.78. The summed E-state index contributed by atoms with van der Waals surface area (Å²) in [5.41, 5.74) is 1.44. The van der Waals surface area contributed by atoms with Crippen molar-refractivity contribution in [2.45, 2.75) is 0 Å². The summed E-state index contributed by atoms with van der Waals surface area (Å²) in [6.07, 6.45) is 1.73. The molecule has 0 aliphatic heterocycles. The molecule has 0 aliphatic rings. The lowest BCUT2D eigenvalue weighted by Crippen LogP contribution is -2.37. The van der Waals surface area contributed by atoms with Crippen LogP contribution in [0.25, 0.3) is 10.9 Å². The van der Waals surface area contributed by atoms with Crippen molar-refractivity contribution in [1.29, 1.82) is 0 Å². The Morgan fingerprint density at radius 3 is 2.71 bits per heavy atom. The third-order valence-corrected chi connectivity index (χ3v) is 3.31. The first kappa shape index (κ1) is 15.1. The van der Waals surface area contributed by atoms with E-state index >= 15 is 0 Å². The molecule has 21 heavy (non-hydrogen) atoms. The van der Waals surface area contributed by atoms with Crippen molar-refractivity contribution in [3.05, 3.63) is 36.0 Å². The van der Waals surface area contributed by atoms with Gasteiger partial charge in [-0.2, -0.15) is 0 Å². The van der Waals surface area contributed by atoms with E-state index in [1.165, 1.54) is 12.0 Å². The summed E-state index contributed by atoms with van der Waals surface area (Å²) < 4.78 is 6.80. The maximum atomic E-state index is 12.6. The second-order valence-corrected chi connectivity index (χ2v) is 4.78. The van der Waals surface area contributed by atoms with Crippen LogP contribution in [0.5, 0.6) is 0 Å². The molecule has 2 rings (SSSR count). The number of ether oxygens (including phenoxy) is 1. The molecule has 1 aromatic heterocycles. The smallest absolute Gasteiger partial charge is 0.323 e. The topological polar surface area (TPSA) is 71.8 Å². The third kappa shape index (κ3) is 3.22. The van der Waals surface area contributed by atoms with E-state index in [1.54, 1.807) is 6.20 Å². The van der Waals surface area contributed by atoms with E-state index in [1.807, 2.05) is 35.9 Å². The highest BCUT2D eigenvalue weighted by atomic mass is 16.5. The highest BCUT2D eigenvalue weighted by Crippen LogP contribution is 2.21. The van der Waals surface area contributed by atoms with Crippen molar-refractivity contribution in [2.75, 3.05) is 26.8 Å². The summed E-state index contributed by atoms with van der Waals surface area (Å²) in [7, 11) is 3.37. The number of carboxylic acid groups (broad SMARTS) is 1. The van der Waals surface area contributed by atoms with Crippen molar-refractivity contribution < 1.29 is 19.4 Å². The Hall–Kier alpha value is -2.34. The average Bonchev–Trinajstić information content (AvgIpc) is 2.80. The molecule has 1 aromatic carbocycles. The van der Waals surface area contributed by atoms with Gasteiger partial charge in [0.2, 0.25) is 0 Å². The Labute approximate surface area is 122 Å². The van der Waals surface area contributed by atoms with E-state index in [0.717, 1.165) is 10.9 Å². The summed E-state index contributed by atoms with van der Waals surface area (Å²) >= 11 is 0. The molecule has 0 unspecified atom stereocenters. The maximum Gasteiger partial charge on any atom is 0.323 e. The number of rotatable bonds is 6. The molecule has 0 spiro atoms. The lowest BCUT2D eigenvalue weighted by molar-refractivity contribution is -0.137. The van der Waals surface area contributed by atoms with Crippen LogP contribution in [0, 0.1) is 0 Å². The summed E-state index contributed by atoms with van der Waals surface area (Å²) in [5.74, 6) is -1.34. The molecule has 0 bridgehead atoms. The average molecular weight is 290 g/mol. The molecule has 1 N–H and O–H groups in total. The fourth-order valence-corrected chi connectivity index (χ4v) is 2.30. The van der Waals surface area contributed by atoms with Gasteiger partial charge >= 0.3 is 5.97 Å². The fraction of sp³-hybridized carbons (Fsp3) is 0.333. The summed E-state index contributed by atoms with van der Waals surface area (Å²) in [4.78, 5) is 24.8. The van der Waals surface area contributed by atoms with E-state index < -0.39 is 5.97 Å². The molecule has 6 nitrogen and oxygen atoms in total. The van der Waals surface area contributed by atoms with Gasteiger partial charge in [0.15, 0.2) is 0 Å². The largest absolute Gasteiger partial charge is 0.480 e. The number of para-hydroxylation sites is 1. The van der Waals surface area contributed by atoms with Crippen molar-refractivity contribution >= 4 is 22.8 Å². The number of benzene rings is 1. The second-order valence-electron chi connectivity index (χ2n) is 4.78. The molecule has 1 amide bonds. The molecule has 0 saturated carbocycles. The number of nitrogens with zero attached hydrogens (tertiary/aromatic N) is 2. The Morgan fingerprint density at radius 1 is 1.33 bits per heavy atom. The maximum absolute atomic E-state index is 12.6. The first-order chi connectivity index (χ1) is 10.0. The number of aliphatic carboxylic acids is 1. The van der Waals surface area contributed by atoms with Crippen molar-refractivity contribution in [3.8, 4) is 0 Å². The fourth-order valence-electron chi connectivity index (χ4n) is 2.30. The number of hydrogen-bond acceptors (Lipinski definition) is 3. The van der Waals surface area contributed by atoms with Crippen molar-refractivity contribution in [2.24, 2.45) is 7.05 Å². The Morgan fingerprint density at radius 2 is 2.05 bits per heavy atom. The van der Waals surface area contributed by atoms with E-state index in [9.17, 15) is 9.59 Å². The van der Waals surface area contributed by atoms with Crippen LogP contribution < -0.4 is 0 Å². The first-order valence-corrected chi connectivity index (χ1v) is 6.58. The summed E-state index contributed by atoms with van der Waals surface area (Å²) in [6, 6.07) is 7.53. The van der Waals surface area contributed by atoms with Gasteiger partial charge in [-0.25, -0.2) is 0 Å². The minimum absolute atomic E-state index is 0.241. The van der Waals surface area contributed by atoms with Gasteiger partial charge in [-0.15, -0.1) is 0 Å². The van der Waals surface area contributed by atoms with Gasteiger partial charge in [0.05, 0.1) is 12.2 Å². The van der Waals surface area contributed by atoms with Gasteiger partial charge in [-0.1, -0.05) is 18.2 Å². The molecule has 0 radical (unpaired) electrons. The lowest BCUT2D eigenvalue weighted by Gasteiger charge is -2.19. The Balaban J connectivity index is 2.36. The number of aryl methyl sites for hydroxylation is 1. The minimum Gasteiger partial charge on any atom is -0.480 e. The molecule has 0 atom stereocenters. The van der Waals surface area contributed by atoms with Crippen molar-refractivity contribution in [3.63, 3.8) is 0 Å². The Bertz CT molecular complexity index is 663. The normalized spacial score (nSPS) is 10.8. The van der Waals surface area contributed by atoms with Crippen LogP contribution in [-0.2, 0) is 16.6 Å². The van der Waals surface area contributed by atoms with Crippen LogP contribution in [0.2, 0.25) is 0 Å². The molecule has 2 aromatic rings. The molecular weight excluding hydrogens is 272 g/mol. The van der Waals surface area contributed by atoms with E-state index in [4.69, 9.17) is 9.84 Å². The van der Waals surface area contributed by atoms with E-state index in [-0.39, 0.29) is 19.0 Å². The highest BCUT2D eigenvalue weighted by Gasteiger charge is 2.21. The summed E-state index contributed by atoms with van der Waals surface area (Å²) in [6.45, 7) is 0.194. The number of fused-ring (bicyclic) bond motifs is 1. The number of methoxy groups -OCH3 is 1. The second kappa shape index (κ2) is 6.41. The van der Waals surface area contributed by atoms with Gasteiger partial charge in [0.25, 0.3) is 5.91 Å². The SMILES string of the molecule is COCCN(CC(=O)O)C(=O)c1cn(C)c2ccccc12. The van der Waals surface area contributed by atoms with Gasteiger partial charge in [-0.3, -0.25) is 9.59 Å².